The van der Waals surface area contributed by atoms with Crippen molar-refractivity contribution in [1.29, 1.82) is 0 Å². The van der Waals surface area contributed by atoms with Crippen molar-refractivity contribution in [3.05, 3.63) is 53.8 Å². The van der Waals surface area contributed by atoms with Crippen LogP contribution in [0.15, 0.2) is 42.5 Å². The van der Waals surface area contributed by atoms with Crippen molar-refractivity contribution in [2.24, 2.45) is 0 Å². The lowest BCUT2D eigenvalue weighted by Crippen LogP contribution is -2.03. The third kappa shape index (κ3) is 2.01. The van der Waals surface area contributed by atoms with Gasteiger partial charge in [-0.3, -0.25) is 0 Å². The maximum atomic E-state index is 13.0. The summed E-state index contributed by atoms with van der Waals surface area (Å²) in [7, 11) is 0. The zero-order valence-corrected chi connectivity index (χ0v) is 10.8. The predicted octanol–water partition coefficient (Wildman–Crippen LogP) is 2.36. The average molecular weight is 269 g/mol. The highest BCUT2D eigenvalue weighted by atomic mass is 19.1. The van der Waals surface area contributed by atoms with Crippen molar-refractivity contribution in [3.8, 4) is 17.1 Å². The number of benzene rings is 2. The monoisotopic (exact) mass is 269 g/mol. The number of rotatable bonds is 2. The minimum Gasteiger partial charge on any atom is -0.398 e. The van der Waals surface area contributed by atoms with Crippen LogP contribution in [0.25, 0.3) is 17.1 Å². The van der Waals surface area contributed by atoms with E-state index in [-0.39, 0.29) is 5.82 Å². The van der Waals surface area contributed by atoms with Gasteiger partial charge in [-0.25, -0.2) is 4.39 Å². The van der Waals surface area contributed by atoms with Crippen LogP contribution in [0.3, 0.4) is 0 Å². The van der Waals surface area contributed by atoms with E-state index in [1.807, 2.05) is 19.1 Å². The van der Waals surface area contributed by atoms with E-state index in [4.69, 9.17) is 5.73 Å². The molecule has 5 nitrogen and oxygen atoms in total. The van der Waals surface area contributed by atoms with Crippen LogP contribution in [0.5, 0.6) is 0 Å². The lowest BCUT2D eigenvalue weighted by molar-refractivity contribution is 0.627. The summed E-state index contributed by atoms with van der Waals surface area (Å²) in [4.78, 5) is 0. The Balaban J connectivity index is 2.18. The van der Waals surface area contributed by atoms with Crippen LogP contribution in [0.4, 0.5) is 10.1 Å². The number of tetrazole rings is 1. The zero-order valence-electron chi connectivity index (χ0n) is 10.8. The molecule has 0 spiro atoms. The van der Waals surface area contributed by atoms with Crippen LogP contribution in [-0.2, 0) is 0 Å². The summed E-state index contributed by atoms with van der Waals surface area (Å²) in [5.41, 5.74) is 9.04. The molecule has 6 heteroatoms. The van der Waals surface area contributed by atoms with Gasteiger partial charge in [-0.15, -0.1) is 5.10 Å². The molecule has 0 saturated heterocycles. The molecule has 0 amide bonds. The van der Waals surface area contributed by atoms with Gasteiger partial charge < -0.3 is 5.73 Å². The van der Waals surface area contributed by atoms with Crippen LogP contribution < -0.4 is 5.73 Å². The first kappa shape index (κ1) is 12.3. The Kier molecular flexibility index (Phi) is 2.90. The van der Waals surface area contributed by atoms with E-state index in [0.29, 0.717) is 17.2 Å². The second-order valence-electron chi connectivity index (χ2n) is 4.43. The number of nitrogen functional groups attached to an aromatic ring is 1. The molecule has 0 unspecified atom stereocenters. The Morgan fingerprint density at radius 2 is 1.85 bits per heavy atom. The van der Waals surface area contributed by atoms with Gasteiger partial charge >= 0.3 is 0 Å². The molecule has 1 heterocycles. The Hall–Kier alpha value is -2.76. The van der Waals surface area contributed by atoms with Gasteiger partial charge in [0.1, 0.15) is 5.82 Å². The number of nitrogens with two attached hydrogens (primary N) is 1. The zero-order chi connectivity index (χ0) is 14.1. The molecule has 0 aliphatic rings. The predicted molar refractivity (Wildman–Crippen MR) is 73.7 cm³/mol. The molecule has 0 bridgehead atoms. The summed E-state index contributed by atoms with van der Waals surface area (Å²) in [5.74, 6) is 0.228. The Morgan fingerprint density at radius 3 is 2.55 bits per heavy atom. The van der Waals surface area contributed by atoms with Gasteiger partial charge in [0.15, 0.2) is 5.82 Å². The first-order valence-corrected chi connectivity index (χ1v) is 6.06. The van der Waals surface area contributed by atoms with Crippen molar-refractivity contribution in [3.63, 3.8) is 0 Å². The second-order valence-corrected chi connectivity index (χ2v) is 4.43. The number of halogens is 1. The third-order valence-electron chi connectivity index (χ3n) is 3.07. The topological polar surface area (TPSA) is 69.6 Å². The van der Waals surface area contributed by atoms with Crippen LogP contribution in [0.2, 0.25) is 0 Å². The molecule has 100 valence electrons. The van der Waals surface area contributed by atoms with E-state index in [2.05, 4.69) is 15.5 Å². The first-order valence-electron chi connectivity index (χ1n) is 6.06. The number of aryl methyl sites for hydroxylation is 1. The maximum Gasteiger partial charge on any atom is 0.189 e. The van der Waals surface area contributed by atoms with Gasteiger partial charge in [0.25, 0.3) is 0 Å². The number of anilines is 1. The largest absolute Gasteiger partial charge is 0.398 e. The normalized spacial score (nSPS) is 10.7. The summed E-state index contributed by atoms with van der Waals surface area (Å²) >= 11 is 0. The van der Waals surface area contributed by atoms with Crippen molar-refractivity contribution in [1.82, 2.24) is 20.2 Å². The lowest BCUT2D eigenvalue weighted by atomic mass is 10.1. The first-order chi connectivity index (χ1) is 9.66. The van der Waals surface area contributed by atoms with E-state index in [9.17, 15) is 4.39 Å². The van der Waals surface area contributed by atoms with Crippen LogP contribution in [0, 0.1) is 12.7 Å². The van der Waals surface area contributed by atoms with Gasteiger partial charge in [-0.1, -0.05) is 12.1 Å². The number of hydrogen-bond donors (Lipinski definition) is 1. The quantitative estimate of drug-likeness (QED) is 0.725. The van der Waals surface area contributed by atoms with Crippen molar-refractivity contribution in [2.75, 3.05) is 5.73 Å². The van der Waals surface area contributed by atoms with Crippen molar-refractivity contribution in [2.45, 2.75) is 6.92 Å². The third-order valence-corrected chi connectivity index (χ3v) is 3.07. The SMILES string of the molecule is Cc1cccc(N)c1-c1nnnn1-c1ccc(F)cc1. The molecule has 3 rings (SSSR count). The molecule has 20 heavy (non-hydrogen) atoms. The highest BCUT2D eigenvalue weighted by Crippen LogP contribution is 2.28. The summed E-state index contributed by atoms with van der Waals surface area (Å²) in [6, 6.07) is 11.6. The smallest absolute Gasteiger partial charge is 0.189 e. The number of hydrogen-bond acceptors (Lipinski definition) is 4. The molecule has 2 N–H and O–H groups in total. The Labute approximate surface area is 114 Å². The fraction of sp³-hybridized carbons (Fsp3) is 0.0714. The number of aromatic nitrogens is 4. The van der Waals surface area contributed by atoms with E-state index in [1.54, 1.807) is 18.2 Å². The van der Waals surface area contributed by atoms with E-state index in [0.717, 1.165) is 11.1 Å². The fourth-order valence-electron chi connectivity index (χ4n) is 2.10. The van der Waals surface area contributed by atoms with Gasteiger partial charge in [0.2, 0.25) is 0 Å². The molecule has 1 aromatic heterocycles. The van der Waals surface area contributed by atoms with Crippen LogP contribution in [-0.4, -0.2) is 20.2 Å². The van der Waals surface area contributed by atoms with Gasteiger partial charge in [-0.05, 0) is 53.2 Å². The highest BCUT2D eigenvalue weighted by Gasteiger charge is 2.15. The maximum absolute atomic E-state index is 13.0. The van der Waals surface area contributed by atoms with Gasteiger partial charge in [0, 0.05) is 11.3 Å². The summed E-state index contributed by atoms with van der Waals surface area (Å²) < 4.78 is 14.5. The van der Waals surface area contributed by atoms with E-state index < -0.39 is 0 Å². The highest BCUT2D eigenvalue weighted by molar-refractivity contribution is 5.75. The number of nitrogens with zero attached hydrogens (tertiary/aromatic N) is 4. The molecule has 0 aliphatic heterocycles. The fourth-order valence-corrected chi connectivity index (χ4v) is 2.10. The molecular formula is C14H12FN5. The molecule has 0 aliphatic carbocycles. The summed E-state index contributed by atoms with van der Waals surface area (Å²) in [6.45, 7) is 1.94. The Morgan fingerprint density at radius 1 is 1.10 bits per heavy atom. The van der Waals surface area contributed by atoms with Gasteiger partial charge in [0.05, 0.1) is 5.69 Å². The van der Waals surface area contributed by atoms with Crippen LogP contribution >= 0.6 is 0 Å². The molecular weight excluding hydrogens is 257 g/mol. The molecule has 0 atom stereocenters. The minimum absolute atomic E-state index is 0.307. The molecule has 0 saturated carbocycles. The summed E-state index contributed by atoms with van der Waals surface area (Å²) in [5, 5.41) is 11.7. The molecule has 3 aromatic rings. The molecule has 0 fully saturated rings. The standard InChI is InChI=1S/C14H12FN5/c1-9-3-2-4-12(16)13(9)14-17-18-19-20(14)11-7-5-10(15)6-8-11/h2-8H,16H2,1H3. The summed E-state index contributed by atoms with van der Waals surface area (Å²) in [6.07, 6.45) is 0. The Bertz CT molecular complexity index is 728. The van der Waals surface area contributed by atoms with Crippen LogP contribution in [0.1, 0.15) is 5.56 Å². The average Bonchev–Trinajstić information content (AvgIpc) is 2.88. The molecule has 0 radical (unpaired) electrons. The van der Waals surface area contributed by atoms with Crippen molar-refractivity contribution >= 4 is 5.69 Å². The van der Waals surface area contributed by atoms with E-state index >= 15 is 0 Å². The lowest BCUT2D eigenvalue weighted by Gasteiger charge is -2.09. The molecule has 2 aromatic carbocycles. The van der Waals surface area contributed by atoms with Gasteiger partial charge in [-0.2, -0.15) is 4.68 Å². The minimum atomic E-state index is -0.307. The van der Waals surface area contributed by atoms with Crippen molar-refractivity contribution < 1.29 is 4.39 Å². The van der Waals surface area contributed by atoms with E-state index in [1.165, 1.54) is 16.8 Å². The second kappa shape index (κ2) is 4.73.